The number of rotatable bonds is 10. The summed E-state index contributed by atoms with van der Waals surface area (Å²) >= 11 is 2.45. The second-order valence-corrected chi connectivity index (χ2v) is 5.52. The van der Waals surface area contributed by atoms with Gasteiger partial charge in [-0.15, -0.1) is 0 Å². The smallest absolute Gasteiger partial charge is 0.000472 e. The van der Waals surface area contributed by atoms with Crippen molar-refractivity contribution in [2.75, 3.05) is 17.5 Å². The van der Waals surface area contributed by atoms with Crippen molar-refractivity contribution < 1.29 is 0 Å². The lowest BCUT2D eigenvalue weighted by Crippen LogP contribution is -2.16. The van der Waals surface area contributed by atoms with Crippen LogP contribution in [0.25, 0.3) is 0 Å². The van der Waals surface area contributed by atoms with E-state index in [0.29, 0.717) is 0 Å². The van der Waals surface area contributed by atoms with Crippen LogP contribution in [0.4, 0.5) is 0 Å². The highest BCUT2D eigenvalue weighted by Crippen LogP contribution is 2.03. The third-order valence-electron chi connectivity index (χ3n) is 2.90. The summed E-state index contributed by atoms with van der Waals surface area (Å²) in [6.45, 7) is 2.37. The Hall–Kier alpha value is -0.0900. The summed E-state index contributed by atoms with van der Waals surface area (Å²) in [6, 6.07) is 10.8. The zero-order valence-electron chi connectivity index (χ0n) is 10.6. The zero-order valence-corrected chi connectivity index (χ0v) is 12.8. The van der Waals surface area contributed by atoms with Crippen molar-refractivity contribution in [3.05, 3.63) is 35.9 Å². The minimum absolute atomic E-state index is 1.18. The first kappa shape index (κ1) is 15.0. The van der Waals surface area contributed by atoms with Crippen LogP contribution in [0.1, 0.15) is 37.7 Å². The normalized spacial score (nSPS) is 10.6. The van der Waals surface area contributed by atoms with Gasteiger partial charge in [-0.3, -0.25) is 0 Å². The van der Waals surface area contributed by atoms with E-state index in [4.69, 9.17) is 0 Å². The Morgan fingerprint density at radius 2 is 1.53 bits per heavy atom. The van der Waals surface area contributed by atoms with Crippen LogP contribution in [-0.4, -0.2) is 17.5 Å². The number of hydrogen-bond acceptors (Lipinski definition) is 1. The Morgan fingerprint density at radius 1 is 0.824 bits per heavy atom. The molecule has 0 aliphatic heterocycles. The van der Waals surface area contributed by atoms with Crippen LogP contribution in [0.15, 0.2) is 30.3 Å². The molecule has 1 aromatic carbocycles. The van der Waals surface area contributed by atoms with Crippen LogP contribution in [-0.2, 0) is 6.42 Å². The summed E-state index contributed by atoms with van der Waals surface area (Å²) in [4.78, 5) is 0. The van der Waals surface area contributed by atoms with Crippen molar-refractivity contribution in [1.82, 2.24) is 5.32 Å². The molecule has 0 saturated heterocycles. The molecule has 1 aromatic rings. The molecule has 96 valence electrons. The summed E-state index contributed by atoms with van der Waals surface area (Å²) in [7, 11) is 0. The lowest BCUT2D eigenvalue weighted by molar-refractivity contribution is 0.588. The molecule has 1 nitrogen and oxygen atoms in total. The number of hydrogen-bond donors (Lipinski definition) is 1. The van der Waals surface area contributed by atoms with Gasteiger partial charge in [0.25, 0.3) is 0 Å². The van der Waals surface area contributed by atoms with E-state index in [9.17, 15) is 0 Å². The van der Waals surface area contributed by atoms with Crippen LogP contribution in [0, 0.1) is 0 Å². The van der Waals surface area contributed by atoms with E-state index < -0.39 is 0 Å². The Kier molecular flexibility index (Phi) is 9.71. The van der Waals surface area contributed by atoms with E-state index in [0.717, 1.165) is 0 Å². The average Bonchev–Trinajstić information content (AvgIpc) is 2.38. The zero-order chi connectivity index (χ0) is 12.2. The van der Waals surface area contributed by atoms with Crippen molar-refractivity contribution in [1.29, 1.82) is 0 Å². The molecule has 0 aliphatic rings. The second kappa shape index (κ2) is 11.0. The monoisotopic (exact) mass is 345 g/mol. The third-order valence-corrected chi connectivity index (χ3v) is 3.66. The molecule has 0 amide bonds. The number of unbranched alkanes of at least 4 members (excludes halogenated alkanes) is 3. The van der Waals surface area contributed by atoms with Gasteiger partial charge in [-0.25, -0.2) is 0 Å². The number of nitrogens with one attached hydrogen (secondary N) is 1. The summed E-state index contributed by atoms with van der Waals surface area (Å²) in [5.74, 6) is 0. The molecule has 0 radical (unpaired) electrons. The highest BCUT2D eigenvalue weighted by Gasteiger charge is 1.92. The quantitative estimate of drug-likeness (QED) is 0.381. The highest BCUT2D eigenvalue weighted by atomic mass is 127. The lowest BCUT2D eigenvalue weighted by atomic mass is 10.1. The minimum atomic E-state index is 1.18. The lowest BCUT2D eigenvalue weighted by Gasteiger charge is -2.04. The van der Waals surface area contributed by atoms with Crippen molar-refractivity contribution in [3.8, 4) is 0 Å². The predicted octanol–water partition coefficient (Wildman–Crippen LogP) is 4.20. The van der Waals surface area contributed by atoms with Gasteiger partial charge in [0.1, 0.15) is 0 Å². The van der Waals surface area contributed by atoms with Crippen LogP contribution in [0.2, 0.25) is 0 Å². The van der Waals surface area contributed by atoms with E-state index in [2.05, 4.69) is 58.2 Å². The van der Waals surface area contributed by atoms with Gasteiger partial charge in [-0.05, 0) is 55.2 Å². The molecule has 2 heteroatoms. The number of aryl methyl sites for hydroxylation is 1. The van der Waals surface area contributed by atoms with Crippen molar-refractivity contribution in [2.24, 2.45) is 0 Å². The summed E-state index contributed by atoms with van der Waals surface area (Å²) < 4.78 is 1.30. The predicted molar refractivity (Wildman–Crippen MR) is 85.0 cm³/mol. The van der Waals surface area contributed by atoms with Gasteiger partial charge in [0.15, 0.2) is 0 Å². The van der Waals surface area contributed by atoms with Crippen LogP contribution < -0.4 is 5.32 Å². The first-order valence-corrected chi connectivity index (χ1v) is 8.26. The number of alkyl halides is 1. The Morgan fingerprint density at radius 3 is 2.24 bits per heavy atom. The third kappa shape index (κ3) is 8.61. The Bertz CT molecular complexity index is 261. The van der Waals surface area contributed by atoms with Crippen LogP contribution >= 0.6 is 22.6 Å². The maximum absolute atomic E-state index is 3.53. The van der Waals surface area contributed by atoms with E-state index >= 15 is 0 Å². The fourth-order valence-corrected chi connectivity index (χ4v) is 2.41. The largest absolute Gasteiger partial charge is 0.317 e. The van der Waals surface area contributed by atoms with Crippen molar-refractivity contribution >= 4 is 22.6 Å². The molecule has 0 heterocycles. The number of halogens is 1. The molecule has 0 bridgehead atoms. The molecule has 0 unspecified atom stereocenters. The maximum Gasteiger partial charge on any atom is -0.000472 e. The Labute approximate surface area is 120 Å². The molecular weight excluding hydrogens is 321 g/mol. The molecule has 0 spiro atoms. The van der Waals surface area contributed by atoms with Gasteiger partial charge in [0, 0.05) is 0 Å². The van der Waals surface area contributed by atoms with Gasteiger partial charge in [0.05, 0.1) is 0 Å². The number of benzene rings is 1. The van der Waals surface area contributed by atoms with E-state index in [-0.39, 0.29) is 0 Å². The molecule has 0 fully saturated rings. The first-order chi connectivity index (χ1) is 8.43. The summed E-state index contributed by atoms with van der Waals surface area (Å²) in [5, 5.41) is 3.53. The van der Waals surface area contributed by atoms with E-state index in [1.165, 1.54) is 61.6 Å². The average molecular weight is 345 g/mol. The SMILES string of the molecule is ICCCCCNCCCCc1ccccc1. The topological polar surface area (TPSA) is 12.0 Å². The van der Waals surface area contributed by atoms with Gasteiger partial charge >= 0.3 is 0 Å². The second-order valence-electron chi connectivity index (χ2n) is 4.44. The van der Waals surface area contributed by atoms with Gasteiger partial charge in [0.2, 0.25) is 0 Å². The maximum atomic E-state index is 3.53. The molecule has 0 atom stereocenters. The molecule has 17 heavy (non-hydrogen) atoms. The summed E-state index contributed by atoms with van der Waals surface area (Å²) in [6.07, 6.45) is 7.89. The first-order valence-electron chi connectivity index (χ1n) is 6.74. The van der Waals surface area contributed by atoms with E-state index in [1.807, 2.05) is 0 Å². The van der Waals surface area contributed by atoms with Gasteiger partial charge < -0.3 is 5.32 Å². The van der Waals surface area contributed by atoms with Crippen molar-refractivity contribution in [3.63, 3.8) is 0 Å². The fraction of sp³-hybridized carbons (Fsp3) is 0.600. The molecule has 0 aromatic heterocycles. The molecule has 0 saturated carbocycles. The Balaban J connectivity index is 1.85. The van der Waals surface area contributed by atoms with Crippen LogP contribution in [0.3, 0.4) is 0 Å². The molecule has 1 N–H and O–H groups in total. The van der Waals surface area contributed by atoms with Crippen molar-refractivity contribution in [2.45, 2.75) is 38.5 Å². The molecular formula is C15H24IN. The van der Waals surface area contributed by atoms with Gasteiger partial charge in [-0.2, -0.15) is 0 Å². The fourth-order valence-electron chi connectivity index (χ4n) is 1.87. The molecule has 0 aliphatic carbocycles. The van der Waals surface area contributed by atoms with E-state index in [1.54, 1.807) is 0 Å². The molecule has 1 rings (SSSR count). The highest BCUT2D eigenvalue weighted by molar-refractivity contribution is 14.1. The summed E-state index contributed by atoms with van der Waals surface area (Å²) in [5.41, 5.74) is 1.47. The van der Waals surface area contributed by atoms with Gasteiger partial charge in [-0.1, -0.05) is 59.3 Å². The minimum Gasteiger partial charge on any atom is -0.317 e. The standard InChI is InChI=1S/C15H24IN/c16-12-6-2-7-13-17-14-8-5-11-15-9-3-1-4-10-15/h1,3-4,9-10,17H,2,5-8,11-14H2. The van der Waals surface area contributed by atoms with Crippen LogP contribution in [0.5, 0.6) is 0 Å².